The first-order valence-electron chi connectivity index (χ1n) is 9.40. The number of benzene rings is 2. The second-order valence-corrected chi connectivity index (χ2v) is 9.28. The molecule has 2 aliphatic heterocycles. The first-order chi connectivity index (χ1) is 14.8. The van der Waals surface area contributed by atoms with Crippen LogP contribution in [0.15, 0.2) is 36.4 Å². The molecule has 0 fully saturated rings. The fraction of sp³-hybridized carbons (Fsp3) is 0.200. The van der Waals surface area contributed by atoms with Crippen LogP contribution in [0.25, 0.3) is 11.3 Å². The summed E-state index contributed by atoms with van der Waals surface area (Å²) in [6, 6.07) is 10.5. The molecule has 10 nitrogen and oxygen atoms in total. The molecule has 2 N–H and O–H groups in total. The average Bonchev–Trinajstić information content (AvgIpc) is 3.45. The minimum atomic E-state index is -3.59. The Morgan fingerprint density at radius 3 is 2.55 bits per heavy atom. The van der Waals surface area contributed by atoms with Gasteiger partial charge in [-0.05, 0) is 48.9 Å². The summed E-state index contributed by atoms with van der Waals surface area (Å²) < 4.78 is 37.8. The van der Waals surface area contributed by atoms with Gasteiger partial charge in [0.05, 0.1) is 17.1 Å². The molecule has 1 amide bonds. The van der Waals surface area contributed by atoms with Crippen LogP contribution in [0.2, 0.25) is 0 Å². The lowest BCUT2D eigenvalue weighted by molar-refractivity contribution is 0.102. The molecule has 11 heteroatoms. The number of aromatic amines is 1. The van der Waals surface area contributed by atoms with Crippen LogP contribution in [-0.2, 0) is 10.2 Å². The van der Waals surface area contributed by atoms with Crippen molar-refractivity contribution in [3.05, 3.63) is 47.7 Å². The molecule has 0 bridgehead atoms. The number of hydrogen-bond donors (Lipinski definition) is 2. The number of nitrogens with one attached hydrogen (secondary N) is 2. The zero-order chi connectivity index (χ0) is 21.9. The Labute approximate surface area is 178 Å². The number of aromatic nitrogens is 2. The van der Waals surface area contributed by atoms with Crippen LogP contribution in [0.5, 0.6) is 11.5 Å². The predicted molar refractivity (Wildman–Crippen MR) is 115 cm³/mol. The lowest BCUT2D eigenvalue weighted by atomic mass is 10.1. The minimum Gasteiger partial charge on any atom is -0.454 e. The molecule has 0 atom stereocenters. The Kier molecular flexibility index (Phi) is 4.12. The number of carbonyl (C=O) groups is 1. The van der Waals surface area contributed by atoms with Crippen molar-refractivity contribution in [1.29, 1.82) is 0 Å². The number of fused-ring (bicyclic) bond motifs is 2. The third kappa shape index (κ3) is 2.96. The molecule has 0 aliphatic carbocycles. The van der Waals surface area contributed by atoms with E-state index in [4.69, 9.17) is 9.47 Å². The zero-order valence-corrected chi connectivity index (χ0v) is 17.8. The maximum Gasteiger partial charge on any atom is 0.326 e. The van der Waals surface area contributed by atoms with E-state index in [1.807, 2.05) is 6.07 Å². The third-order valence-electron chi connectivity index (χ3n) is 5.43. The van der Waals surface area contributed by atoms with Crippen LogP contribution in [-0.4, -0.2) is 45.4 Å². The number of rotatable bonds is 3. The largest absolute Gasteiger partial charge is 0.454 e. The van der Waals surface area contributed by atoms with Gasteiger partial charge in [-0.2, -0.15) is 13.5 Å². The normalized spacial score (nSPS) is 15.8. The fourth-order valence-corrected chi connectivity index (χ4v) is 4.74. The molecule has 0 saturated heterocycles. The Bertz CT molecular complexity index is 1330. The number of aryl methyl sites for hydroxylation is 1. The molecule has 0 unspecified atom stereocenters. The number of H-pyrrole nitrogens is 1. The van der Waals surface area contributed by atoms with Crippen LogP contribution in [0.1, 0.15) is 16.1 Å². The van der Waals surface area contributed by atoms with Crippen LogP contribution in [0, 0.1) is 6.92 Å². The summed E-state index contributed by atoms with van der Waals surface area (Å²) in [4.78, 5) is 12.8. The molecule has 3 heterocycles. The van der Waals surface area contributed by atoms with Gasteiger partial charge in [-0.3, -0.25) is 18.5 Å². The molecule has 3 aromatic rings. The van der Waals surface area contributed by atoms with E-state index < -0.39 is 10.2 Å². The van der Waals surface area contributed by atoms with Crippen LogP contribution in [0.4, 0.5) is 17.1 Å². The number of carbonyl (C=O) groups excluding carboxylic acids is 1. The van der Waals surface area contributed by atoms with Crippen molar-refractivity contribution in [2.75, 3.05) is 34.8 Å². The van der Waals surface area contributed by atoms with Crippen molar-refractivity contribution >= 4 is 33.2 Å². The van der Waals surface area contributed by atoms with Gasteiger partial charge in [0.25, 0.3) is 5.91 Å². The molecule has 0 saturated carbocycles. The summed E-state index contributed by atoms with van der Waals surface area (Å²) in [5, 5.41) is 9.79. The van der Waals surface area contributed by atoms with Gasteiger partial charge in [-0.15, -0.1) is 0 Å². The second kappa shape index (κ2) is 6.64. The molecule has 0 radical (unpaired) electrons. The smallest absolute Gasteiger partial charge is 0.326 e. The monoisotopic (exact) mass is 441 g/mol. The summed E-state index contributed by atoms with van der Waals surface area (Å²) in [6.07, 6.45) is 0. The predicted octanol–water partition coefficient (Wildman–Crippen LogP) is 2.50. The minimum absolute atomic E-state index is 0.180. The van der Waals surface area contributed by atoms with E-state index >= 15 is 0 Å². The van der Waals surface area contributed by atoms with Gasteiger partial charge < -0.3 is 14.8 Å². The maximum absolute atomic E-state index is 12.8. The standard InChI is InChI=1S/C20H19N5O5S/c1-11-6-16-17(25(3)31(27,28)24(16)2)9-13(11)21-20(26)15-8-14(22-23-15)12-4-5-18-19(7-12)30-10-29-18/h4-9H,10H2,1-3H3,(H,21,26)(H,22,23). The highest BCUT2D eigenvalue weighted by molar-refractivity contribution is 7.94. The zero-order valence-electron chi connectivity index (χ0n) is 17.0. The van der Waals surface area contributed by atoms with Crippen molar-refractivity contribution < 1.29 is 22.7 Å². The second-order valence-electron chi connectivity index (χ2n) is 7.29. The fourth-order valence-electron chi connectivity index (χ4n) is 3.58. The molecular formula is C20H19N5O5S. The molecule has 2 aromatic carbocycles. The maximum atomic E-state index is 12.8. The van der Waals surface area contributed by atoms with Gasteiger partial charge in [0.1, 0.15) is 5.69 Å². The van der Waals surface area contributed by atoms with E-state index in [-0.39, 0.29) is 18.4 Å². The third-order valence-corrected chi connectivity index (χ3v) is 7.21. The van der Waals surface area contributed by atoms with Crippen LogP contribution in [0.3, 0.4) is 0 Å². The topological polar surface area (TPSA) is 117 Å². The van der Waals surface area contributed by atoms with Crippen molar-refractivity contribution in [2.45, 2.75) is 6.92 Å². The highest BCUT2D eigenvalue weighted by atomic mass is 32.2. The van der Waals surface area contributed by atoms with Gasteiger partial charge in [0, 0.05) is 25.3 Å². The van der Waals surface area contributed by atoms with Crippen molar-refractivity contribution in [1.82, 2.24) is 10.2 Å². The summed E-state index contributed by atoms with van der Waals surface area (Å²) in [7, 11) is -0.615. The molecular weight excluding hydrogens is 422 g/mol. The lowest BCUT2D eigenvalue weighted by Crippen LogP contribution is -2.32. The molecule has 0 spiro atoms. The molecule has 160 valence electrons. The summed E-state index contributed by atoms with van der Waals surface area (Å²) >= 11 is 0. The highest BCUT2D eigenvalue weighted by Gasteiger charge is 2.36. The van der Waals surface area contributed by atoms with Crippen molar-refractivity contribution in [2.24, 2.45) is 0 Å². The quantitative estimate of drug-likeness (QED) is 0.645. The van der Waals surface area contributed by atoms with Gasteiger partial charge in [-0.25, -0.2) is 0 Å². The van der Waals surface area contributed by atoms with Gasteiger partial charge >= 0.3 is 10.2 Å². The van der Waals surface area contributed by atoms with E-state index in [0.29, 0.717) is 34.3 Å². The van der Waals surface area contributed by atoms with Gasteiger partial charge in [-0.1, -0.05) is 0 Å². The Morgan fingerprint density at radius 1 is 1.06 bits per heavy atom. The Hall–Kier alpha value is -3.73. The van der Waals surface area contributed by atoms with Gasteiger partial charge in [0.15, 0.2) is 11.5 Å². The number of ether oxygens (including phenoxy) is 2. The number of anilines is 3. The van der Waals surface area contributed by atoms with Crippen molar-refractivity contribution in [3.63, 3.8) is 0 Å². The number of nitrogens with zero attached hydrogens (tertiary/aromatic N) is 3. The Morgan fingerprint density at radius 2 is 1.77 bits per heavy atom. The summed E-state index contributed by atoms with van der Waals surface area (Å²) in [6.45, 7) is 1.99. The van der Waals surface area contributed by atoms with Gasteiger partial charge in [0.2, 0.25) is 6.79 Å². The Balaban J connectivity index is 1.40. The van der Waals surface area contributed by atoms with E-state index in [9.17, 15) is 13.2 Å². The van der Waals surface area contributed by atoms with Crippen molar-refractivity contribution in [3.8, 4) is 22.8 Å². The number of amides is 1. The summed E-state index contributed by atoms with van der Waals surface area (Å²) in [5.41, 5.74) is 3.94. The molecule has 1 aromatic heterocycles. The van der Waals surface area contributed by atoms with E-state index in [2.05, 4.69) is 15.5 Å². The number of hydrogen-bond acceptors (Lipinski definition) is 6. The first-order valence-corrected chi connectivity index (χ1v) is 10.8. The van der Waals surface area contributed by atoms with Crippen LogP contribution < -0.4 is 23.4 Å². The molecule has 5 rings (SSSR count). The van der Waals surface area contributed by atoms with E-state index in [1.54, 1.807) is 37.3 Å². The first kappa shape index (κ1) is 19.2. The van der Waals surface area contributed by atoms with E-state index in [1.165, 1.54) is 22.7 Å². The molecule has 31 heavy (non-hydrogen) atoms. The highest BCUT2D eigenvalue weighted by Crippen LogP contribution is 2.42. The lowest BCUT2D eigenvalue weighted by Gasteiger charge is -2.13. The average molecular weight is 441 g/mol. The molecule has 2 aliphatic rings. The van der Waals surface area contributed by atoms with E-state index in [0.717, 1.165) is 11.1 Å². The summed E-state index contributed by atoms with van der Waals surface area (Å²) in [5.74, 6) is 0.908. The van der Waals surface area contributed by atoms with Crippen LogP contribution >= 0.6 is 0 Å². The SMILES string of the molecule is Cc1cc2c(cc1NC(=O)c1cc(-c3ccc4c(c3)OCO4)n[nH]1)N(C)S(=O)(=O)N2C.